The highest BCUT2D eigenvalue weighted by Crippen LogP contribution is 2.29. The number of fused-ring (bicyclic) bond motifs is 1. The molecule has 0 saturated heterocycles. The summed E-state index contributed by atoms with van der Waals surface area (Å²) in [6.45, 7) is 6.04. The number of aromatic amines is 1. The molecule has 0 bridgehead atoms. The molecule has 4 rings (SSSR count). The van der Waals surface area contributed by atoms with Gasteiger partial charge in [0.05, 0.1) is 5.39 Å². The van der Waals surface area contributed by atoms with E-state index in [1.165, 1.54) is 11.6 Å². The van der Waals surface area contributed by atoms with Crippen LogP contribution in [0.5, 0.6) is 0 Å². The molecule has 3 N–H and O–H groups in total. The fourth-order valence-corrected chi connectivity index (χ4v) is 3.30. The van der Waals surface area contributed by atoms with Gasteiger partial charge in [0.25, 0.3) is 0 Å². The molecule has 1 atom stereocenters. The Hall–Kier alpha value is -3.93. The standard InChI is InChI=1S/C24H23N5O/c1-3-22(30)25-14-17-9-11-19(12-10-17)21-13-20-23(26-15-27-24(20)29-21)28-16(2)18-7-5-4-6-8-18/h3-13,15-16H,1,14H2,2H3,(H,25,30)(H2,26,27,28,29)/t16-/m1/s1. The maximum absolute atomic E-state index is 11.3. The van der Waals surface area contributed by atoms with Crippen LogP contribution in [-0.2, 0) is 11.3 Å². The van der Waals surface area contributed by atoms with Crippen molar-refractivity contribution in [3.8, 4) is 11.3 Å². The van der Waals surface area contributed by atoms with E-state index in [1.807, 2.05) is 42.5 Å². The summed E-state index contributed by atoms with van der Waals surface area (Å²) in [5.41, 5.74) is 4.99. The van der Waals surface area contributed by atoms with E-state index in [0.29, 0.717) is 6.54 Å². The smallest absolute Gasteiger partial charge is 0.243 e. The number of H-pyrrole nitrogens is 1. The third-order valence-corrected chi connectivity index (χ3v) is 5.00. The first-order chi connectivity index (χ1) is 14.6. The summed E-state index contributed by atoms with van der Waals surface area (Å²) >= 11 is 0. The molecule has 2 heterocycles. The van der Waals surface area contributed by atoms with Gasteiger partial charge in [-0.05, 0) is 35.8 Å². The highest BCUT2D eigenvalue weighted by molar-refractivity contribution is 5.91. The number of amides is 1. The summed E-state index contributed by atoms with van der Waals surface area (Å²) in [6.07, 6.45) is 2.83. The summed E-state index contributed by atoms with van der Waals surface area (Å²) in [6, 6.07) is 20.5. The molecule has 0 aliphatic heterocycles. The monoisotopic (exact) mass is 397 g/mol. The molecule has 6 heteroatoms. The van der Waals surface area contributed by atoms with Gasteiger partial charge in [-0.15, -0.1) is 0 Å². The normalized spacial score (nSPS) is 11.8. The Morgan fingerprint density at radius 3 is 2.63 bits per heavy atom. The van der Waals surface area contributed by atoms with Gasteiger partial charge in [-0.25, -0.2) is 9.97 Å². The zero-order chi connectivity index (χ0) is 20.9. The summed E-state index contributed by atoms with van der Waals surface area (Å²) in [5.74, 6) is 0.612. The number of carbonyl (C=O) groups excluding carboxylic acids is 1. The van der Waals surface area contributed by atoms with Crippen molar-refractivity contribution in [2.75, 3.05) is 5.32 Å². The fourth-order valence-electron chi connectivity index (χ4n) is 3.30. The predicted molar refractivity (Wildman–Crippen MR) is 120 cm³/mol. The van der Waals surface area contributed by atoms with Crippen LogP contribution in [0, 0.1) is 0 Å². The molecule has 30 heavy (non-hydrogen) atoms. The van der Waals surface area contributed by atoms with Crippen LogP contribution in [0.1, 0.15) is 24.1 Å². The third-order valence-electron chi connectivity index (χ3n) is 5.00. The maximum Gasteiger partial charge on any atom is 0.243 e. The minimum Gasteiger partial charge on any atom is -0.363 e. The van der Waals surface area contributed by atoms with Gasteiger partial charge in [0.15, 0.2) is 0 Å². The maximum atomic E-state index is 11.3. The van der Waals surface area contributed by atoms with Gasteiger partial charge in [-0.2, -0.15) is 0 Å². The number of rotatable bonds is 7. The lowest BCUT2D eigenvalue weighted by Gasteiger charge is -2.15. The second kappa shape index (κ2) is 8.61. The lowest BCUT2D eigenvalue weighted by Crippen LogP contribution is -2.19. The van der Waals surface area contributed by atoms with E-state index >= 15 is 0 Å². The minimum absolute atomic E-state index is 0.118. The second-order valence-corrected chi connectivity index (χ2v) is 7.06. The number of aromatic nitrogens is 3. The largest absolute Gasteiger partial charge is 0.363 e. The van der Waals surface area contributed by atoms with Crippen LogP contribution in [0.25, 0.3) is 22.3 Å². The Morgan fingerprint density at radius 2 is 1.90 bits per heavy atom. The molecule has 0 unspecified atom stereocenters. The SMILES string of the molecule is C=CC(=O)NCc1ccc(-c2cc3c(N[C@H](C)c4ccccc4)ncnc3[nH]2)cc1. The Bertz CT molecular complexity index is 1170. The highest BCUT2D eigenvalue weighted by Gasteiger charge is 2.12. The van der Waals surface area contributed by atoms with Crippen molar-refractivity contribution in [2.24, 2.45) is 0 Å². The van der Waals surface area contributed by atoms with E-state index in [0.717, 1.165) is 33.7 Å². The number of hydrogen-bond donors (Lipinski definition) is 3. The summed E-state index contributed by atoms with van der Waals surface area (Å²) in [7, 11) is 0. The predicted octanol–water partition coefficient (Wildman–Crippen LogP) is 4.60. The number of benzene rings is 2. The Morgan fingerprint density at radius 1 is 1.13 bits per heavy atom. The van der Waals surface area contributed by atoms with Crippen LogP contribution in [0.4, 0.5) is 5.82 Å². The molecule has 150 valence electrons. The van der Waals surface area contributed by atoms with Gasteiger partial charge in [0, 0.05) is 18.3 Å². The van der Waals surface area contributed by atoms with Crippen molar-refractivity contribution in [1.82, 2.24) is 20.3 Å². The molecule has 0 radical (unpaired) electrons. The molecule has 0 spiro atoms. The molecular formula is C24H23N5O. The lowest BCUT2D eigenvalue weighted by molar-refractivity contribution is -0.116. The first-order valence-corrected chi connectivity index (χ1v) is 9.79. The zero-order valence-electron chi connectivity index (χ0n) is 16.7. The van der Waals surface area contributed by atoms with Gasteiger partial charge >= 0.3 is 0 Å². The van der Waals surface area contributed by atoms with Crippen LogP contribution in [0.2, 0.25) is 0 Å². The van der Waals surface area contributed by atoms with E-state index in [2.05, 4.69) is 57.3 Å². The van der Waals surface area contributed by atoms with E-state index in [-0.39, 0.29) is 11.9 Å². The fraction of sp³-hybridized carbons (Fsp3) is 0.125. The molecule has 2 aromatic heterocycles. The van der Waals surface area contributed by atoms with E-state index in [4.69, 9.17) is 0 Å². The van der Waals surface area contributed by atoms with Gasteiger partial charge in [-0.3, -0.25) is 4.79 Å². The summed E-state index contributed by atoms with van der Waals surface area (Å²) in [4.78, 5) is 23.5. The Labute approximate surface area is 175 Å². The van der Waals surface area contributed by atoms with Gasteiger partial charge in [0.2, 0.25) is 5.91 Å². The summed E-state index contributed by atoms with van der Waals surface area (Å²) in [5, 5.41) is 7.21. The Balaban J connectivity index is 1.56. The topological polar surface area (TPSA) is 82.7 Å². The Kier molecular flexibility index (Phi) is 5.57. The first kappa shape index (κ1) is 19.4. The number of hydrogen-bond acceptors (Lipinski definition) is 4. The summed E-state index contributed by atoms with van der Waals surface area (Å²) < 4.78 is 0. The lowest BCUT2D eigenvalue weighted by atomic mass is 10.1. The van der Waals surface area contributed by atoms with Crippen molar-refractivity contribution >= 4 is 22.8 Å². The molecule has 1 amide bonds. The van der Waals surface area contributed by atoms with Crippen molar-refractivity contribution in [3.05, 3.63) is 90.8 Å². The number of anilines is 1. The quantitative estimate of drug-likeness (QED) is 0.398. The van der Waals surface area contributed by atoms with Crippen molar-refractivity contribution in [2.45, 2.75) is 19.5 Å². The molecule has 0 aliphatic carbocycles. The van der Waals surface area contributed by atoms with Crippen LogP contribution < -0.4 is 10.6 Å². The zero-order valence-corrected chi connectivity index (χ0v) is 16.7. The van der Waals surface area contributed by atoms with Crippen LogP contribution in [0.3, 0.4) is 0 Å². The average molecular weight is 397 g/mol. The molecule has 2 aromatic carbocycles. The average Bonchev–Trinajstić information content (AvgIpc) is 3.24. The van der Waals surface area contributed by atoms with Crippen molar-refractivity contribution < 1.29 is 4.79 Å². The number of nitrogens with one attached hydrogen (secondary N) is 3. The van der Waals surface area contributed by atoms with E-state index in [1.54, 1.807) is 6.33 Å². The molecule has 0 aliphatic rings. The van der Waals surface area contributed by atoms with Crippen molar-refractivity contribution in [3.63, 3.8) is 0 Å². The second-order valence-electron chi connectivity index (χ2n) is 7.06. The third kappa shape index (κ3) is 4.22. The van der Waals surface area contributed by atoms with Gasteiger partial charge in [-0.1, -0.05) is 61.2 Å². The minimum atomic E-state index is -0.182. The highest BCUT2D eigenvalue weighted by atomic mass is 16.1. The number of carbonyl (C=O) groups is 1. The molecule has 6 nitrogen and oxygen atoms in total. The number of nitrogens with zero attached hydrogens (tertiary/aromatic N) is 2. The van der Waals surface area contributed by atoms with Crippen LogP contribution in [0.15, 0.2) is 79.6 Å². The van der Waals surface area contributed by atoms with Gasteiger partial charge in [0.1, 0.15) is 17.8 Å². The molecule has 4 aromatic rings. The van der Waals surface area contributed by atoms with E-state index < -0.39 is 0 Å². The van der Waals surface area contributed by atoms with Crippen LogP contribution >= 0.6 is 0 Å². The van der Waals surface area contributed by atoms with Crippen molar-refractivity contribution in [1.29, 1.82) is 0 Å². The first-order valence-electron chi connectivity index (χ1n) is 9.79. The molecule has 0 saturated carbocycles. The van der Waals surface area contributed by atoms with Gasteiger partial charge < -0.3 is 15.6 Å². The van der Waals surface area contributed by atoms with Crippen LogP contribution in [-0.4, -0.2) is 20.9 Å². The molecular weight excluding hydrogens is 374 g/mol. The van der Waals surface area contributed by atoms with E-state index in [9.17, 15) is 4.79 Å². The molecule has 0 fully saturated rings.